The minimum absolute atomic E-state index is 0.0152. The lowest BCUT2D eigenvalue weighted by Gasteiger charge is -2.35. The van der Waals surface area contributed by atoms with E-state index in [2.05, 4.69) is 0 Å². The van der Waals surface area contributed by atoms with Gasteiger partial charge in [0.1, 0.15) is 5.75 Å². The van der Waals surface area contributed by atoms with Gasteiger partial charge in [0.2, 0.25) is 0 Å². The summed E-state index contributed by atoms with van der Waals surface area (Å²) in [6.07, 6.45) is 0. The number of para-hydroxylation sites is 1. The highest BCUT2D eigenvalue weighted by Gasteiger charge is 2.25. The molecule has 4 rings (SSSR count). The van der Waals surface area contributed by atoms with Crippen molar-refractivity contribution >= 4 is 22.6 Å². The molecule has 0 aromatic heterocycles. The molecular formula is C23H22N2O3. The molecule has 2 amide bonds. The summed E-state index contributed by atoms with van der Waals surface area (Å²) in [5.41, 5.74) is 0.713. The molecule has 1 heterocycles. The SMILES string of the molecule is O=C(COc1ccccc1)N1CCN(C(=O)c2cccc3ccccc23)CC1. The molecule has 0 unspecified atom stereocenters. The van der Waals surface area contributed by atoms with Crippen molar-refractivity contribution in [3.8, 4) is 5.75 Å². The Labute approximate surface area is 164 Å². The Morgan fingerprint density at radius 2 is 1.39 bits per heavy atom. The van der Waals surface area contributed by atoms with E-state index in [1.54, 1.807) is 4.90 Å². The predicted molar refractivity (Wildman–Crippen MR) is 108 cm³/mol. The van der Waals surface area contributed by atoms with E-state index in [0.717, 1.165) is 10.8 Å². The molecule has 1 aliphatic heterocycles. The van der Waals surface area contributed by atoms with Crippen LogP contribution in [0.1, 0.15) is 10.4 Å². The third-order valence-corrected chi connectivity index (χ3v) is 5.05. The molecule has 0 bridgehead atoms. The maximum Gasteiger partial charge on any atom is 0.260 e. The number of carbonyl (C=O) groups is 2. The van der Waals surface area contributed by atoms with Gasteiger partial charge >= 0.3 is 0 Å². The summed E-state index contributed by atoms with van der Waals surface area (Å²) in [5.74, 6) is 0.645. The highest BCUT2D eigenvalue weighted by Crippen LogP contribution is 2.20. The molecule has 5 heteroatoms. The normalized spacial score (nSPS) is 14.1. The van der Waals surface area contributed by atoms with Crippen LogP contribution in [-0.4, -0.2) is 54.4 Å². The second-order valence-electron chi connectivity index (χ2n) is 6.80. The molecule has 0 saturated carbocycles. The van der Waals surface area contributed by atoms with Crippen LogP contribution in [0.2, 0.25) is 0 Å². The van der Waals surface area contributed by atoms with Crippen molar-refractivity contribution < 1.29 is 14.3 Å². The van der Waals surface area contributed by atoms with E-state index in [-0.39, 0.29) is 18.4 Å². The van der Waals surface area contributed by atoms with Crippen LogP contribution in [0.15, 0.2) is 72.8 Å². The minimum Gasteiger partial charge on any atom is -0.484 e. The van der Waals surface area contributed by atoms with Crippen molar-refractivity contribution in [2.45, 2.75) is 0 Å². The Balaban J connectivity index is 1.36. The standard InChI is InChI=1S/C23H22N2O3/c26-22(17-28-19-9-2-1-3-10-19)24-13-15-25(16-14-24)23(27)21-12-6-8-18-7-4-5-11-20(18)21/h1-12H,13-17H2. The van der Waals surface area contributed by atoms with E-state index in [1.165, 1.54) is 0 Å². The highest BCUT2D eigenvalue weighted by molar-refractivity contribution is 6.07. The summed E-state index contributed by atoms with van der Waals surface area (Å²) in [5, 5.41) is 2.02. The lowest BCUT2D eigenvalue weighted by molar-refractivity contribution is -0.134. The molecule has 3 aromatic carbocycles. The van der Waals surface area contributed by atoms with Crippen LogP contribution in [0.5, 0.6) is 5.75 Å². The molecule has 28 heavy (non-hydrogen) atoms. The van der Waals surface area contributed by atoms with Gasteiger partial charge in [-0.3, -0.25) is 9.59 Å². The van der Waals surface area contributed by atoms with Gasteiger partial charge < -0.3 is 14.5 Å². The summed E-state index contributed by atoms with van der Waals surface area (Å²) in [6, 6.07) is 23.0. The molecule has 0 atom stereocenters. The van der Waals surface area contributed by atoms with Gasteiger partial charge in [-0.1, -0.05) is 54.6 Å². The number of hydrogen-bond donors (Lipinski definition) is 0. The van der Waals surface area contributed by atoms with Gasteiger partial charge in [0.25, 0.3) is 11.8 Å². The maximum atomic E-state index is 13.0. The number of benzene rings is 3. The summed E-state index contributed by atoms with van der Waals surface area (Å²) in [4.78, 5) is 29.0. The van der Waals surface area contributed by atoms with Crippen molar-refractivity contribution in [3.05, 3.63) is 78.4 Å². The number of ether oxygens (including phenoxy) is 1. The minimum atomic E-state index is -0.0545. The molecule has 1 saturated heterocycles. The Bertz CT molecular complexity index is 974. The van der Waals surface area contributed by atoms with Crippen LogP contribution in [0.3, 0.4) is 0 Å². The summed E-state index contributed by atoms with van der Waals surface area (Å²) in [7, 11) is 0. The first-order valence-electron chi connectivity index (χ1n) is 9.45. The predicted octanol–water partition coefficient (Wildman–Crippen LogP) is 3.20. The van der Waals surface area contributed by atoms with E-state index < -0.39 is 0 Å². The van der Waals surface area contributed by atoms with Crippen LogP contribution in [0.4, 0.5) is 0 Å². The second-order valence-corrected chi connectivity index (χ2v) is 6.80. The van der Waals surface area contributed by atoms with Gasteiger partial charge in [-0.25, -0.2) is 0 Å². The second kappa shape index (κ2) is 8.13. The van der Waals surface area contributed by atoms with Crippen molar-refractivity contribution in [2.24, 2.45) is 0 Å². The van der Waals surface area contributed by atoms with Crippen LogP contribution >= 0.6 is 0 Å². The number of piperazine rings is 1. The van der Waals surface area contributed by atoms with Gasteiger partial charge in [0.05, 0.1) is 0 Å². The quantitative estimate of drug-likeness (QED) is 0.705. The van der Waals surface area contributed by atoms with Crippen molar-refractivity contribution in [1.29, 1.82) is 0 Å². The Morgan fingerprint density at radius 3 is 2.18 bits per heavy atom. The molecule has 142 valence electrons. The van der Waals surface area contributed by atoms with Crippen LogP contribution in [-0.2, 0) is 4.79 Å². The molecule has 5 nitrogen and oxygen atoms in total. The zero-order valence-corrected chi connectivity index (χ0v) is 15.6. The molecule has 1 aliphatic rings. The average Bonchev–Trinajstić information content (AvgIpc) is 2.77. The number of rotatable bonds is 4. The fourth-order valence-electron chi connectivity index (χ4n) is 3.49. The van der Waals surface area contributed by atoms with E-state index in [0.29, 0.717) is 37.5 Å². The molecule has 0 aliphatic carbocycles. The van der Waals surface area contributed by atoms with Crippen molar-refractivity contribution in [3.63, 3.8) is 0 Å². The van der Waals surface area contributed by atoms with Crippen molar-refractivity contribution in [1.82, 2.24) is 9.80 Å². The molecule has 0 N–H and O–H groups in total. The number of amides is 2. The first kappa shape index (κ1) is 18.0. The summed E-state index contributed by atoms with van der Waals surface area (Å²) < 4.78 is 5.54. The fraction of sp³-hybridized carbons (Fsp3) is 0.217. The van der Waals surface area contributed by atoms with E-state index in [1.807, 2.05) is 77.7 Å². The van der Waals surface area contributed by atoms with Gasteiger partial charge in [-0.2, -0.15) is 0 Å². The van der Waals surface area contributed by atoms with Gasteiger partial charge in [-0.05, 0) is 29.0 Å². The third kappa shape index (κ3) is 3.83. The van der Waals surface area contributed by atoms with Crippen molar-refractivity contribution in [2.75, 3.05) is 32.8 Å². The maximum absolute atomic E-state index is 13.0. The van der Waals surface area contributed by atoms with Crippen LogP contribution < -0.4 is 4.74 Å². The van der Waals surface area contributed by atoms with Gasteiger partial charge in [0.15, 0.2) is 6.61 Å². The first-order chi connectivity index (χ1) is 13.7. The topological polar surface area (TPSA) is 49.9 Å². The Hall–Kier alpha value is -3.34. The largest absolute Gasteiger partial charge is 0.484 e. The number of fused-ring (bicyclic) bond motifs is 1. The Morgan fingerprint density at radius 1 is 0.750 bits per heavy atom. The zero-order chi connectivity index (χ0) is 19.3. The molecular weight excluding hydrogens is 352 g/mol. The lowest BCUT2D eigenvalue weighted by Crippen LogP contribution is -2.51. The smallest absolute Gasteiger partial charge is 0.260 e. The first-order valence-corrected chi connectivity index (χ1v) is 9.45. The van der Waals surface area contributed by atoms with Crippen LogP contribution in [0.25, 0.3) is 10.8 Å². The number of nitrogens with zero attached hydrogens (tertiary/aromatic N) is 2. The fourth-order valence-corrected chi connectivity index (χ4v) is 3.49. The van der Waals surface area contributed by atoms with E-state index >= 15 is 0 Å². The van der Waals surface area contributed by atoms with E-state index in [9.17, 15) is 9.59 Å². The molecule has 3 aromatic rings. The average molecular weight is 374 g/mol. The molecule has 0 spiro atoms. The monoisotopic (exact) mass is 374 g/mol. The molecule has 0 radical (unpaired) electrons. The summed E-state index contributed by atoms with van der Waals surface area (Å²) in [6.45, 7) is 2.11. The van der Waals surface area contributed by atoms with Crippen LogP contribution in [0, 0.1) is 0 Å². The van der Waals surface area contributed by atoms with Gasteiger partial charge in [0, 0.05) is 31.7 Å². The lowest BCUT2D eigenvalue weighted by atomic mass is 10.0. The van der Waals surface area contributed by atoms with Gasteiger partial charge in [-0.15, -0.1) is 0 Å². The third-order valence-electron chi connectivity index (χ3n) is 5.05. The Kier molecular flexibility index (Phi) is 5.24. The number of hydrogen-bond acceptors (Lipinski definition) is 3. The summed E-state index contributed by atoms with van der Waals surface area (Å²) >= 11 is 0. The number of carbonyl (C=O) groups excluding carboxylic acids is 2. The molecule has 1 fully saturated rings. The highest BCUT2D eigenvalue weighted by atomic mass is 16.5. The van der Waals surface area contributed by atoms with E-state index in [4.69, 9.17) is 4.74 Å². The zero-order valence-electron chi connectivity index (χ0n) is 15.6.